The second-order valence-corrected chi connectivity index (χ2v) is 5.47. The molecule has 0 saturated carbocycles. The Kier molecular flexibility index (Phi) is 4.85. The first kappa shape index (κ1) is 15.4. The van der Waals surface area contributed by atoms with E-state index < -0.39 is 11.2 Å². The summed E-state index contributed by atoms with van der Waals surface area (Å²) in [6, 6.07) is 7.68. The van der Waals surface area contributed by atoms with Crippen LogP contribution in [0.25, 0.3) is 0 Å². The van der Waals surface area contributed by atoms with E-state index in [2.05, 4.69) is 26.2 Å². The minimum atomic E-state index is -0.503. The van der Waals surface area contributed by atoms with E-state index in [1.807, 2.05) is 31.2 Å². The Balaban J connectivity index is 2.32. The fourth-order valence-corrected chi connectivity index (χ4v) is 2.45. The van der Waals surface area contributed by atoms with Crippen molar-refractivity contribution in [2.75, 3.05) is 11.1 Å². The first-order valence-electron chi connectivity index (χ1n) is 6.64. The zero-order chi connectivity index (χ0) is 15.4. The van der Waals surface area contributed by atoms with Gasteiger partial charge in [-0.15, -0.1) is 0 Å². The van der Waals surface area contributed by atoms with Gasteiger partial charge in [0.1, 0.15) is 11.5 Å². The Hall–Kier alpha value is -2.02. The lowest BCUT2D eigenvalue weighted by Gasteiger charge is -2.13. The molecule has 1 aromatic heterocycles. The summed E-state index contributed by atoms with van der Waals surface area (Å²) in [7, 11) is 0. The Morgan fingerprint density at radius 2 is 2.05 bits per heavy atom. The van der Waals surface area contributed by atoms with Crippen molar-refractivity contribution >= 4 is 27.4 Å². The van der Waals surface area contributed by atoms with Crippen LogP contribution in [0.15, 0.2) is 38.3 Å². The van der Waals surface area contributed by atoms with Gasteiger partial charge < -0.3 is 11.1 Å². The van der Waals surface area contributed by atoms with Crippen molar-refractivity contribution in [3.05, 3.63) is 55.1 Å². The first-order chi connectivity index (χ1) is 10.0. The second-order valence-electron chi connectivity index (χ2n) is 4.62. The third kappa shape index (κ3) is 3.36. The molecule has 0 unspecified atom stereocenters. The van der Waals surface area contributed by atoms with Gasteiger partial charge in [-0.1, -0.05) is 41.1 Å². The number of hydrogen-bond donors (Lipinski definition) is 3. The van der Waals surface area contributed by atoms with Gasteiger partial charge in [0, 0.05) is 17.6 Å². The highest BCUT2D eigenvalue weighted by molar-refractivity contribution is 9.10. The maximum absolute atomic E-state index is 11.9. The number of aromatic nitrogens is 2. The second kappa shape index (κ2) is 6.62. The molecule has 1 aromatic carbocycles. The molecule has 0 radical (unpaired) electrons. The quantitative estimate of drug-likeness (QED) is 0.766. The molecule has 7 heteroatoms. The van der Waals surface area contributed by atoms with Crippen LogP contribution in [0, 0.1) is 0 Å². The standard InChI is InChI=1S/C14H17BrN4O2/c1-2-7-19-12(16)11(13(20)18-14(19)21)17-8-9-5-3-4-6-10(9)15/h3-6,17H,2,7-8,16H2,1H3,(H,18,20,21). The lowest BCUT2D eigenvalue weighted by atomic mass is 10.2. The summed E-state index contributed by atoms with van der Waals surface area (Å²) in [4.78, 5) is 25.9. The molecule has 0 aliphatic rings. The third-order valence-corrected chi connectivity index (χ3v) is 3.87. The van der Waals surface area contributed by atoms with E-state index in [1.165, 1.54) is 4.57 Å². The average Bonchev–Trinajstić information content (AvgIpc) is 2.45. The normalized spacial score (nSPS) is 10.6. The van der Waals surface area contributed by atoms with Crippen LogP contribution in [0.4, 0.5) is 11.5 Å². The average molecular weight is 353 g/mol. The minimum Gasteiger partial charge on any atom is -0.383 e. The van der Waals surface area contributed by atoms with E-state index in [9.17, 15) is 9.59 Å². The Labute approximate surface area is 130 Å². The van der Waals surface area contributed by atoms with E-state index in [-0.39, 0.29) is 11.5 Å². The highest BCUT2D eigenvalue weighted by Crippen LogP contribution is 2.18. The Morgan fingerprint density at radius 3 is 2.71 bits per heavy atom. The van der Waals surface area contributed by atoms with Crippen molar-refractivity contribution in [2.45, 2.75) is 26.4 Å². The lowest BCUT2D eigenvalue weighted by molar-refractivity contribution is 0.642. The number of nitrogens with zero attached hydrogens (tertiary/aromatic N) is 1. The van der Waals surface area contributed by atoms with Gasteiger partial charge in [-0.2, -0.15) is 0 Å². The molecule has 112 valence electrons. The van der Waals surface area contributed by atoms with Crippen LogP contribution in [0.2, 0.25) is 0 Å². The molecule has 6 nitrogen and oxygen atoms in total. The molecular formula is C14H17BrN4O2. The molecule has 21 heavy (non-hydrogen) atoms. The molecule has 0 spiro atoms. The van der Waals surface area contributed by atoms with Gasteiger partial charge in [-0.25, -0.2) is 4.79 Å². The number of rotatable bonds is 5. The van der Waals surface area contributed by atoms with Crippen molar-refractivity contribution in [1.82, 2.24) is 9.55 Å². The number of H-pyrrole nitrogens is 1. The predicted octanol–water partition coefficient (Wildman–Crippen LogP) is 1.90. The number of benzene rings is 1. The number of aromatic amines is 1. The minimum absolute atomic E-state index is 0.164. The van der Waals surface area contributed by atoms with Gasteiger partial charge in [0.15, 0.2) is 0 Å². The molecule has 4 N–H and O–H groups in total. The summed E-state index contributed by atoms with van der Waals surface area (Å²) < 4.78 is 2.30. The number of nitrogens with two attached hydrogens (primary N) is 1. The van der Waals surface area contributed by atoms with Crippen LogP contribution in [0.3, 0.4) is 0 Å². The maximum atomic E-state index is 11.9. The molecule has 2 rings (SSSR count). The summed E-state index contributed by atoms with van der Waals surface area (Å²) in [6.45, 7) is 2.83. The van der Waals surface area contributed by atoms with E-state index in [0.29, 0.717) is 13.1 Å². The molecule has 0 bridgehead atoms. The summed E-state index contributed by atoms with van der Waals surface area (Å²) in [5.74, 6) is 0.164. The Bertz CT molecular complexity index is 751. The lowest BCUT2D eigenvalue weighted by Crippen LogP contribution is -2.34. The fraction of sp³-hybridized carbons (Fsp3) is 0.286. The van der Waals surface area contributed by atoms with Crippen LogP contribution >= 0.6 is 15.9 Å². The summed E-state index contributed by atoms with van der Waals surface area (Å²) in [5.41, 5.74) is 6.17. The first-order valence-corrected chi connectivity index (χ1v) is 7.43. The van der Waals surface area contributed by atoms with Crippen molar-refractivity contribution < 1.29 is 0 Å². The monoisotopic (exact) mass is 352 g/mol. The summed E-state index contributed by atoms with van der Waals surface area (Å²) in [6.07, 6.45) is 0.750. The summed E-state index contributed by atoms with van der Waals surface area (Å²) >= 11 is 3.45. The summed E-state index contributed by atoms with van der Waals surface area (Å²) in [5, 5.41) is 3.01. The highest BCUT2D eigenvalue weighted by atomic mass is 79.9. The largest absolute Gasteiger partial charge is 0.383 e. The van der Waals surface area contributed by atoms with E-state index in [1.54, 1.807) is 0 Å². The van der Waals surface area contributed by atoms with E-state index in [4.69, 9.17) is 5.73 Å². The Morgan fingerprint density at radius 1 is 1.33 bits per heavy atom. The van der Waals surface area contributed by atoms with Gasteiger partial charge in [-0.3, -0.25) is 14.3 Å². The zero-order valence-electron chi connectivity index (χ0n) is 11.6. The van der Waals surface area contributed by atoms with Crippen molar-refractivity contribution in [3.63, 3.8) is 0 Å². The zero-order valence-corrected chi connectivity index (χ0v) is 13.2. The molecule has 0 saturated heterocycles. The van der Waals surface area contributed by atoms with Gasteiger partial charge in [-0.05, 0) is 18.1 Å². The van der Waals surface area contributed by atoms with Gasteiger partial charge in [0.05, 0.1) is 0 Å². The van der Waals surface area contributed by atoms with Crippen LogP contribution in [0.5, 0.6) is 0 Å². The molecule has 2 aromatic rings. The SMILES string of the molecule is CCCn1c(N)c(NCc2ccccc2Br)c(=O)[nH]c1=O. The highest BCUT2D eigenvalue weighted by Gasteiger charge is 2.11. The van der Waals surface area contributed by atoms with Crippen LogP contribution < -0.4 is 22.3 Å². The number of nitrogen functional groups attached to an aromatic ring is 1. The molecule has 0 atom stereocenters. The number of anilines is 2. The van der Waals surface area contributed by atoms with Gasteiger partial charge >= 0.3 is 5.69 Å². The molecule has 0 aliphatic heterocycles. The number of hydrogen-bond acceptors (Lipinski definition) is 4. The molecular weight excluding hydrogens is 336 g/mol. The van der Waals surface area contributed by atoms with Crippen molar-refractivity contribution in [1.29, 1.82) is 0 Å². The van der Waals surface area contributed by atoms with E-state index in [0.717, 1.165) is 16.5 Å². The molecule has 1 heterocycles. The van der Waals surface area contributed by atoms with Crippen LogP contribution in [0.1, 0.15) is 18.9 Å². The predicted molar refractivity (Wildman–Crippen MR) is 87.5 cm³/mol. The fourth-order valence-electron chi connectivity index (χ4n) is 2.03. The smallest absolute Gasteiger partial charge is 0.330 e. The van der Waals surface area contributed by atoms with Gasteiger partial charge in [0.25, 0.3) is 5.56 Å². The van der Waals surface area contributed by atoms with Crippen LogP contribution in [-0.2, 0) is 13.1 Å². The number of nitrogens with one attached hydrogen (secondary N) is 2. The van der Waals surface area contributed by atoms with Crippen molar-refractivity contribution in [2.24, 2.45) is 0 Å². The topological polar surface area (TPSA) is 92.9 Å². The van der Waals surface area contributed by atoms with Crippen LogP contribution in [-0.4, -0.2) is 9.55 Å². The van der Waals surface area contributed by atoms with Gasteiger partial charge in [0.2, 0.25) is 0 Å². The number of halogens is 1. The maximum Gasteiger partial charge on any atom is 0.330 e. The molecule has 0 fully saturated rings. The van der Waals surface area contributed by atoms with Crippen molar-refractivity contribution in [3.8, 4) is 0 Å². The molecule has 0 aliphatic carbocycles. The third-order valence-electron chi connectivity index (χ3n) is 3.10. The van der Waals surface area contributed by atoms with E-state index >= 15 is 0 Å². The molecule has 0 amide bonds.